The molecule has 0 fully saturated rings. The molecule has 2 aromatic rings. The van der Waals surface area contributed by atoms with Gasteiger partial charge in [-0.3, -0.25) is 0 Å². The molecule has 22 heavy (non-hydrogen) atoms. The predicted molar refractivity (Wildman–Crippen MR) is 82.1 cm³/mol. The van der Waals surface area contributed by atoms with Gasteiger partial charge in [0.2, 0.25) is 0 Å². The van der Waals surface area contributed by atoms with Gasteiger partial charge in [0, 0.05) is 5.56 Å². The van der Waals surface area contributed by atoms with E-state index in [1.165, 1.54) is 17.8 Å². The summed E-state index contributed by atoms with van der Waals surface area (Å²) in [4.78, 5) is 0. The number of aryl methyl sites for hydroxylation is 1. The lowest BCUT2D eigenvalue weighted by Gasteiger charge is -1.97. The van der Waals surface area contributed by atoms with E-state index in [0.29, 0.717) is 0 Å². The molecular formula is C17H13F2N3. The summed E-state index contributed by atoms with van der Waals surface area (Å²) in [6.07, 6.45) is 3.74. The molecule has 5 heteroatoms. The fraction of sp³-hybridized carbons (Fsp3) is 0.118. The van der Waals surface area contributed by atoms with Crippen LogP contribution in [-0.2, 0) is 6.42 Å². The van der Waals surface area contributed by atoms with E-state index >= 15 is 0 Å². The Morgan fingerprint density at radius 1 is 1.00 bits per heavy atom. The second-order valence-electron chi connectivity index (χ2n) is 4.56. The van der Waals surface area contributed by atoms with Crippen molar-refractivity contribution >= 4 is 12.4 Å². The average molecular weight is 297 g/mol. The minimum Gasteiger partial charge on any atom is -0.205 e. The van der Waals surface area contributed by atoms with Crippen LogP contribution in [0.5, 0.6) is 0 Å². The van der Waals surface area contributed by atoms with Crippen LogP contribution in [0.3, 0.4) is 0 Å². The van der Waals surface area contributed by atoms with E-state index in [9.17, 15) is 8.78 Å². The number of rotatable bonds is 4. The van der Waals surface area contributed by atoms with Gasteiger partial charge in [0.15, 0.2) is 0 Å². The summed E-state index contributed by atoms with van der Waals surface area (Å²) in [5, 5.41) is 16.2. The summed E-state index contributed by atoms with van der Waals surface area (Å²) in [6.45, 7) is 2.07. The van der Waals surface area contributed by atoms with Crippen molar-refractivity contribution in [2.45, 2.75) is 13.3 Å². The minimum absolute atomic E-state index is 0.201. The summed E-state index contributed by atoms with van der Waals surface area (Å²) in [7, 11) is 0. The first-order valence-electron chi connectivity index (χ1n) is 6.68. The quantitative estimate of drug-likeness (QED) is 0.624. The number of hydrogen-bond donors (Lipinski definition) is 0. The van der Waals surface area contributed by atoms with Crippen molar-refractivity contribution < 1.29 is 8.78 Å². The molecule has 0 bridgehead atoms. The van der Waals surface area contributed by atoms with E-state index in [0.717, 1.165) is 24.1 Å². The summed E-state index contributed by atoms with van der Waals surface area (Å²) < 4.78 is 26.8. The number of benzene rings is 2. The van der Waals surface area contributed by atoms with Crippen LogP contribution in [0.1, 0.15) is 29.2 Å². The Balaban J connectivity index is 2.09. The highest BCUT2D eigenvalue weighted by Crippen LogP contribution is 2.13. The molecule has 0 N–H and O–H groups in total. The van der Waals surface area contributed by atoms with Gasteiger partial charge >= 0.3 is 0 Å². The molecule has 0 spiro atoms. The van der Waals surface area contributed by atoms with Gasteiger partial charge < -0.3 is 0 Å². The largest absolute Gasteiger partial charge is 0.205 e. The SMILES string of the molecule is CCc1ccc(C=NN=Cc2cc(F)c(C#N)c(F)c2)cc1. The molecule has 110 valence electrons. The summed E-state index contributed by atoms with van der Waals surface area (Å²) >= 11 is 0. The first kappa shape index (κ1) is 15.5. The van der Waals surface area contributed by atoms with E-state index in [4.69, 9.17) is 5.26 Å². The molecule has 2 aromatic carbocycles. The lowest BCUT2D eigenvalue weighted by atomic mass is 10.1. The topological polar surface area (TPSA) is 48.5 Å². The van der Waals surface area contributed by atoms with Gasteiger partial charge in [0.05, 0.1) is 12.4 Å². The average Bonchev–Trinajstić information content (AvgIpc) is 2.52. The first-order chi connectivity index (χ1) is 10.6. The van der Waals surface area contributed by atoms with Crippen molar-refractivity contribution in [3.8, 4) is 6.07 Å². The molecule has 0 saturated heterocycles. The molecule has 0 saturated carbocycles. The van der Waals surface area contributed by atoms with Crippen LogP contribution in [0.2, 0.25) is 0 Å². The third-order valence-electron chi connectivity index (χ3n) is 3.04. The van der Waals surface area contributed by atoms with Gasteiger partial charge in [-0.05, 0) is 29.7 Å². The van der Waals surface area contributed by atoms with E-state index in [2.05, 4.69) is 17.1 Å². The van der Waals surface area contributed by atoms with Gasteiger partial charge in [-0.2, -0.15) is 15.5 Å². The Morgan fingerprint density at radius 2 is 1.55 bits per heavy atom. The van der Waals surface area contributed by atoms with Crippen LogP contribution in [0.4, 0.5) is 8.78 Å². The zero-order valence-electron chi connectivity index (χ0n) is 11.9. The third-order valence-corrected chi connectivity index (χ3v) is 3.04. The monoisotopic (exact) mass is 297 g/mol. The molecule has 0 amide bonds. The molecule has 0 heterocycles. The highest BCUT2D eigenvalue weighted by atomic mass is 19.1. The molecule has 2 rings (SSSR count). The molecule has 0 unspecified atom stereocenters. The Kier molecular flexibility index (Phi) is 5.10. The van der Waals surface area contributed by atoms with Gasteiger partial charge in [-0.25, -0.2) is 8.78 Å². The van der Waals surface area contributed by atoms with Crippen molar-refractivity contribution in [3.63, 3.8) is 0 Å². The number of halogens is 2. The van der Waals surface area contributed by atoms with Crippen LogP contribution in [0.15, 0.2) is 46.6 Å². The Hall–Kier alpha value is -2.87. The van der Waals surface area contributed by atoms with Crippen molar-refractivity contribution in [2.75, 3.05) is 0 Å². The lowest BCUT2D eigenvalue weighted by molar-refractivity contribution is 0.576. The first-order valence-corrected chi connectivity index (χ1v) is 6.68. The Bertz CT molecular complexity index is 733. The van der Waals surface area contributed by atoms with Crippen molar-refractivity contribution in [1.29, 1.82) is 5.26 Å². The fourth-order valence-corrected chi connectivity index (χ4v) is 1.81. The molecule has 0 aliphatic rings. The second-order valence-corrected chi connectivity index (χ2v) is 4.56. The zero-order valence-corrected chi connectivity index (χ0v) is 11.9. The minimum atomic E-state index is -0.914. The molecular weight excluding hydrogens is 284 g/mol. The Morgan fingerprint density at radius 3 is 2.05 bits per heavy atom. The van der Waals surface area contributed by atoms with Crippen molar-refractivity contribution in [2.24, 2.45) is 10.2 Å². The van der Waals surface area contributed by atoms with E-state index in [1.54, 1.807) is 6.21 Å². The van der Waals surface area contributed by atoms with Crippen LogP contribution in [0.25, 0.3) is 0 Å². The van der Waals surface area contributed by atoms with Crippen molar-refractivity contribution in [1.82, 2.24) is 0 Å². The number of hydrogen-bond acceptors (Lipinski definition) is 3. The van der Waals surface area contributed by atoms with Gasteiger partial charge in [0.25, 0.3) is 0 Å². The summed E-state index contributed by atoms with van der Waals surface area (Å²) in [6, 6.07) is 11.4. The maximum absolute atomic E-state index is 13.4. The van der Waals surface area contributed by atoms with E-state index in [1.807, 2.05) is 24.3 Å². The maximum Gasteiger partial charge on any atom is 0.144 e. The van der Waals surface area contributed by atoms with E-state index in [-0.39, 0.29) is 5.56 Å². The van der Waals surface area contributed by atoms with Crippen LogP contribution >= 0.6 is 0 Å². The fourth-order valence-electron chi connectivity index (χ4n) is 1.81. The summed E-state index contributed by atoms with van der Waals surface area (Å²) in [5.74, 6) is -1.83. The molecule has 0 aliphatic heterocycles. The molecule has 3 nitrogen and oxygen atoms in total. The predicted octanol–water partition coefficient (Wildman–Crippen LogP) is 3.85. The van der Waals surface area contributed by atoms with Gasteiger partial charge in [-0.1, -0.05) is 31.2 Å². The number of nitrogens with zero attached hydrogens (tertiary/aromatic N) is 3. The molecule has 0 atom stereocenters. The Labute approximate surface area is 127 Å². The highest BCUT2D eigenvalue weighted by Gasteiger charge is 2.09. The smallest absolute Gasteiger partial charge is 0.144 e. The molecule has 0 aromatic heterocycles. The second kappa shape index (κ2) is 7.23. The van der Waals surface area contributed by atoms with Gasteiger partial charge in [0.1, 0.15) is 23.3 Å². The van der Waals surface area contributed by atoms with Gasteiger partial charge in [-0.15, -0.1) is 0 Å². The highest BCUT2D eigenvalue weighted by molar-refractivity contribution is 5.82. The van der Waals surface area contributed by atoms with Crippen LogP contribution < -0.4 is 0 Å². The normalized spacial score (nSPS) is 11.2. The third kappa shape index (κ3) is 3.83. The maximum atomic E-state index is 13.4. The molecule has 0 aliphatic carbocycles. The zero-order chi connectivity index (χ0) is 15.9. The van der Waals surface area contributed by atoms with Crippen LogP contribution in [0, 0.1) is 23.0 Å². The number of nitriles is 1. The summed E-state index contributed by atoms with van der Waals surface area (Å²) in [5.41, 5.74) is 1.71. The lowest BCUT2D eigenvalue weighted by Crippen LogP contribution is -1.93. The molecule has 0 radical (unpaired) electrons. The van der Waals surface area contributed by atoms with Crippen molar-refractivity contribution in [3.05, 3.63) is 70.3 Å². The van der Waals surface area contributed by atoms with Crippen LogP contribution in [-0.4, -0.2) is 12.4 Å². The standard InChI is InChI=1S/C17H13F2N3/c1-2-12-3-5-13(6-4-12)10-21-22-11-14-7-16(18)15(9-20)17(19)8-14/h3-8,10-11H,2H2,1H3. The van der Waals surface area contributed by atoms with E-state index < -0.39 is 17.2 Å².